The van der Waals surface area contributed by atoms with E-state index < -0.39 is 0 Å². The van der Waals surface area contributed by atoms with Crippen LogP contribution < -0.4 is 10.8 Å². The molecule has 1 heterocycles. The number of nitrogens with zero attached hydrogens (tertiary/aromatic N) is 1. The van der Waals surface area contributed by atoms with Crippen LogP contribution in [0.3, 0.4) is 0 Å². The molecule has 2 heteroatoms. The van der Waals surface area contributed by atoms with E-state index in [4.69, 9.17) is 4.42 Å². The first-order valence-electron chi connectivity index (χ1n) is 4.08. The Labute approximate surface area is 70.9 Å². The fourth-order valence-electron chi connectivity index (χ4n) is 1.34. The maximum Gasteiger partial charge on any atom is 0.192 e. The van der Waals surface area contributed by atoms with Crippen LogP contribution in [-0.4, -0.2) is 4.98 Å². The molecule has 0 atom stereocenters. The summed E-state index contributed by atoms with van der Waals surface area (Å²) in [4.78, 5) is 4.27. The summed E-state index contributed by atoms with van der Waals surface area (Å²) in [6.45, 7) is 3.95. The van der Waals surface area contributed by atoms with Crippen LogP contribution in [0.4, 0.5) is 0 Å². The van der Waals surface area contributed by atoms with E-state index in [0.29, 0.717) is 0 Å². The minimum Gasteiger partial charge on any atom is -0.441 e. The molecule has 2 rings (SSSR count). The van der Waals surface area contributed by atoms with Gasteiger partial charge in [0.25, 0.3) is 0 Å². The van der Waals surface area contributed by atoms with Crippen LogP contribution in [0, 0.1) is 6.92 Å². The first-order chi connectivity index (χ1) is 5.75. The highest BCUT2D eigenvalue weighted by molar-refractivity contribution is 5.47. The number of hydrogen-bond donors (Lipinski definition) is 0. The van der Waals surface area contributed by atoms with Gasteiger partial charge < -0.3 is 4.42 Å². The summed E-state index contributed by atoms with van der Waals surface area (Å²) in [6, 6.07) is 0. The predicted molar refractivity (Wildman–Crippen MR) is 47.8 cm³/mol. The summed E-state index contributed by atoms with van der Waals surface area (Å²) in [6.07, 6.45) is 7.20. The lowest BCUT2D eigenvalue weighted by atomic mass is 10.2. The Bertz CT molecular complexity index is 437. The van der Waals surface area contributed by atoms with Gasteiger partial charge >= 0.3 is 0 Å². The largest absolute Gasteiger partial charge is 0.441 e. The molecule has 0 radical (unpaired) electrons. The van der Waals surface area contributed by atoms with Crippen LogP contribution in [0.2, 0.25) is 0 Å². The van der Waals surface area contributed by atoms with Crippen molar-refractivity contribution in [3.05, 3.63) is 28.3 Å². The van der Waals surface area contributed by atoms with E-state index in [1.165, 1.54) is 5.57 Å². The molecular weight excluding hydrogens is 150 g/mol. The number of allylic oxidation sites excluding steroid dienone is 2. The Morgan fingerprint density at radius 1 is 1.33 bits per heavy atom. The minimum absolute atomic E-state index is 0.738. The number of aryl methyl sites for hydroxylation is 1. The number of fused-ring (bicyclic) bond motifs is 1. The Morgan fingerprint density at radius 2 is 2.17 bits per heavy atom. The smallest absolute Gasteiger partial charge is 0.192 e. The zero-order chi connectivity index (χ0) is 8.55. The van der Waals surface area contributed by atoms with Crippen LogP contribution in [0.25, 0.3) is 12.2 Å². The van der Waals surface area contributed by atoms with E-state index in [-0.39, 0.29) is 0 Å². The lowest BCUT2D eigenvalue weighted by molar-refractivity contribution is 0.491. The number of hydrogen-bond acceptors (Lipinski definition) is 2. The molecule has 62 valence electrons. The van der Waals surface area contributed by atoms with Crippen LogP contribution in [-0.2, 0) is 0 Å². The SMILES string of the molecule is CC1=CCC=c2oc(C)nc2=C1. The number of aromatic nitrogens is 1. The summed E-state index contributed by atoms with van der Waals surface area (Å²) in [5.74, 6) is 0.738. The molecule has 0 N–H and O–H groups in total. The lowest BCUT2D eigenvalue weighted by Crippen LogP contribution is -2.21. The highest BCUT2D eigenvalue weighted by Crippen LogP contribution is 1.99. The normalized spacial score (nSPS) is 15.3. The minimum atomic E-state index is 0.738. The molecule has 1 aliphatic carbocycles. The summed E-state index contributed by atoms with van der Waals surface area (Å²) in [5, 5.41) is 0.957. The fraction of sp³-hybridized carbons (Fsp3) is 0.300. The maximum absolute atomic E-state index is 5.40. The topological polar surface area (TPSA) is 26.0 Å². The molecule has 0 fully saturated rings. The lowest BCUT2D eigenvalue weighted by Gasteiger charge is -1.84. The molecule has 1 aromatic heterocycles. The summed E-state index contributed by atoms with van der Waals surface area (Å²) >= 11 is 0. The molecule has 0 aromatic carbocycles. The third kappa shape index (κ3) is 1.20. The maximum atomic E-state index is 5.40. The second kappa shape index (κ2) is 2.63. The molecule has 0 amide bonds. The fourth-order valence-corrected chi connectivity index (χ4v) is 1.34. The van der Waals surface area contributed by atoms with E-state index in [1.54, 1.807) is 0 Å². The van der Waals surface area contributed by atoms with Crippen molar-refractivity contribution in [2.75, 3.05) is 0 Å². The van der Waals surface area contributed by atoms with Crippen molar-refractivity contribution in [3.8, 4) is 0 Å². The van der Waals surface area contributed by atoms with Gasteiger partial charge in [-0.15, -0.1) is 0 Å². The molecule has 2 nitrogen and oxygen atoms in total. The standard InChI is InChI=1S/C10H11NO/c1-7-4-3-5-10-9(6-7)11-8(2)12-10/h4-6H,3H2,1-2H3. The average Bonchev–Trinajstić information content (AvgIpc) is 2.23. The van der Waals surface area contributed by atoms with Gasteiger partial charge in [-0.2, -0.15) is 0 Å². The highest BCUT2D eigenvalue weighted by atomic mass is 16.3. The van der Waals surface area contributed by atoms with E-state index in [9.17, 15) is 0 Å². The van der Waals surface area contributed by atoms with Crippen LogP contribution in [0.15, 0.2) is 16.1 Å². The van der Waals surface area contributed by atoms with Crippen LogP contribution >= 0.6 is 0 Å². The first-order valence-corrected chi connectivity index (χ1v) is 4.08. The average molecular weight is 161 g/mol. The summed E-state index contributed by atoms with van der Waals surface area (Å²) in [5.41, 5.74) is 2.15. The zero-order valence-corrected chi connectivity index (χ0v) is 7.29. The van der Waals surface area contributed by atoms with Gasteiger partial charge in [0.1, 0.15) is 5.35 Å². The number of oxazole rings is 1. The van der Waals surface area contributed by atoms with Crippen molar-refractivity contribution in [1.29, 1.82) is 0 Å². The van der Waals surface area contributed by atoms with Crippen LogP contribution in [0.5, 0.6) is 0 Å². The van der Waals surface area contributed by atoms with Crippen LogP contribution in [0.1, 0.15) is 19.2 Å². The predicted octanol–water partition coefficient (Wildman–Crippen LogP) is 0.894. The molecule has 1 aromatic rings. The highest BCUT2D eigenvalue weighted by Gasteiger charge is 1.98. The Hall–Kier alpha value is -1.31. The van der Waals surface area contributed by atoms with Crippen molar-refractivity contribution in [2.45, 2.75) is 20.3 Å². The second-order valence-corrected chi connectivity index (χ2v) is 3.01. The molecule has 12 heavy (non-hydrogen) atoms. The molecule has 0 bridgehead atoms. The Morgan fingerprint density at radius 3 is 3.00 bits per heavy atom. The second-order valence-electron chi connectivity index (χ2n) is 3.01. The van der Waals surface area contributed by atoms with Crippen molar-refractivity contribution in [3.63, 3.8) is 0 Å². The number of rotatable bonds is 0. The third-order valence-electron chi connectivity index (χ3n) is 1.90. The molecule has 0 saturated heterocycles. The molecule has 0 saturated carbocycles. The summed E-state index contributed by atoms with van der Waals surface area (Å²) in [7, 11) is 0. The van der Waals surface area contributed by atoms with Gasteiger partial charge in [-0.25, -0.2) is 4.98 Å². The van der Waals surface area contributed by atoms with Gasteiger partial charge in [-0.1, -0.05) is 11.6 Å². The molecule has 0 aliphatic heterocycles. The first kappa shape index (κ1) is 7.35. The van der Waals surface area contributed by atoms with E-state index in [2.05, 4.69) is 30.1 Å². The molecule has 1 aliphatic rings. The molecular formula is C10H11NO. The third-order valence-corrected chi connectivity index (χ3v) is 1.90. The Balaban J connectivity index is 2.75. The molecule has 0 spiro atoms. The van der Waals surface area contributed by atoms with Crippen molar-refractivity contribution in [1.82, 2.24) is 4.98 Å². The van der Waals surface area contributed by atoms with Gasteiger partial charge in [-0.05, 0) is 25.5 Å². The monoisotopic (exact) mass is 161 g/mol. The van der Waals surface area contributed by atoms with Gasteiger partial charge in [0.15, 0.2) is 11.3 Å². The quantitative estimate of drug-likeness (QED) is 0.565. The van der Waals surface area contributed by atoms with Crippen molar-refractivity contribution in [2.24, 2.45) is 0 Å². The van der Waals surface area contributed by atoms with Gasteiger partial charge in [-0.3, -0.25) is 0 Å². The van der Waals surface area contributed by atoms with Gasteiger partial charge in [0.05, 0.1) is 0 Å². The van der Waals surface area contributed by atoms with E-state index in [0.717, 1.165) is 23.1 Å². The van der Waals surface area contributed by atoms with E-state index in [1.807, 2.05) is 6.92 Å². The van der Waals surface area contributed by atoms with Gasteiger partial charge in [0, 0.05) is 6.92 Å². The van der Waals surface area contributed by atoms with Gasteiger partial charge in [0.2, 0.25) is 0 Å². The Kier molecular flexibility index (Phi) is 1.61. The summed E-state index contributed by atoms with van der Waals surface area (Å²) < 4.78 is 5.40. The van der Waals surface area contributed by atoms with Crippen molar-refractivity contribution >= 4 is 12.2 Å². The van der Waals surface area contributed by atoms with E-state index >= 15 is 0 Å². The molecule has 0 unspecified atom stereocenters. The zero-order valence-electron chi connectivity index (χ0n) is 7.29. The van der Waals surface area contributed by atoms with Crippen molar-refractivity contribution < 1.29 is 4.42 Å².